The Bertz CT molecular complexity index is 802. The molecule has 0 amide bonds. The van der Waals surface area contributed by atoms with E-state index in [1.165, 1.54) is 6.33 Å². The van der Waals surface area contributed by atoms with Crippen LogP contribution in [0.15, 0.2) is 36.8 Å². The molecule has 0 unspecified atom stereocenters. The maximum atomic E-state index is 7.88. The topological polar surface area (TPSA) is 94.7 Å². The van der Waals surface area contributed by atoms with Gasteiger partial charge in [0, 0.05) is 0 Å². The van der Waals surface area contributed by atoms with Gasteiger partial charge in [-0.3, -0.25) is 5.41 Å². The lowest BCUT2D eigenvalue weighted by molar-refractivity contribution is 0.340. The van der Waals surface area contributed by atoms with Crippen LogP contribution in [0.4, 0.5) is 0 Å². The van der Waals surface area contributed by atoms with Gasteiger partial charge in [0.15, 0.2) is 11.1 Å². The average molecular weight is 270 g/mol. The van der Waals surface area contributed by atoms with Crippen LogP contribution in [-0.4, -0.2) is 26.0 Å². The Morgan fingerprint density at radius 3 is 2.75 bits per heavy atom. The van der Waals surface area contributed by atoms with Crippen LogP contribution in [0.2, 0.25) is 0 Å². The molecule has 0 fully saturated rings. The Kier molecular flexibility index (Phi) is 2.86. The molecule has 2 aromatic heterocycles. The summed E-state index contributed by atoms with van der Waals surface area (Å²) in [6, 6.07) is 7.54. The lowest BCUT2D eigenvalue weighted by atomic mass is 10.3. The number of nitrogen functional groups attached to an aromatic ring is 1. The first-order valence-corrected chi connectivity index (χ1v) is 6.19. The van der Waals surface area contributed by atoms with Gasteiger partial charge < -0.3 is 10.6 Å². The van der Waals surface area contributed by atoms with Crippen molar-refractivity contribution in [1.29, 1.82) is 5.41 Å². The molecular formula is C13H14N6O. The second kappa shape index (κ2) is 4.69. The molecule has 0 radical (unpaired) electrons. The maximum Gasteiger partial charge on any atom is 0.168 e. The molecule has 0 atom stereocenters. The number of nitrogens with two attached hydrogens (primary N) is 1. The highest BCUT2D eigenvalue weighted by Crippen LogP contribution is 2.17. The number of benzene rings is 1. The van der Waals surface area contributed by atoms with Gasteiger partial charge in [0.25, 0.3) is 0 Å². The quantitative estimate of drug-likeness (QED) is 0.689. The summed E-state index contributed by atoms with van der Waals surface area (Å²) < 4.78 is 8.23. The van der Waals surface area contributed by atoms with E-state index in [0.29, 0.717) is 17.6 Å². The Balaban J connectivity index is 2.10. The third-order valence-electron chi connectivity index (χ3n) is 2.95. The van der Waals surface area contributed by atoms with E-state index < -0.39 is 0 Å². The molecule has 0 aliphatic rings. The molecule has 3 N–H and O–H groups in total. The molecule has 0 spiro atoms. The van der Waals surface area contributed by atoms with Crippen molar-refractivity contribution in [2.75, 3.05) is 12.4 Å². The van der Waals surface area contributed by atoms with Crippen molar-refractivity contribution in [2.24, 2.45) is 0 Å². The monoisotopic (exact) mass is 270 g/mol. The summed E-state index contributed by atoms with van der Waals surface area (Å²) in [7, 11) is 0. The molecule has 7 heteroatoms. The molecule has 0 aliphatic heterocycles. The number of ether oxygens (including phenoxy) is 1. The molecular weight excluding hydrogens is 256 g/mol. The van der Waals surface area contributed by atoms with E-state index in [1.54, 1.807) is 10.9 Å². The summed E-state index contributed by atoms with van der Waals surface area (Å²) in [4.78, 5) is 4.22. The van der Waals surface area contributed by atoms with Crippen molar-refractivity contribution in [3.8, 4) is 11.4 Å². The van der Waals surface area contributed by atoms with Gasteiger partial charge in [0.1, 0.15) is 12.1 Å². The smallest absolute Gasteiger partial charge is 0.168 e. The van der Waals surface area contributed by atoms with Gasteiger partial charge >= 0.3 is 0 Å². The normalized spacial score (nSPS) is 10.8. The van der Waals surface area contributed by atoms with Crippen molar-refractivity contribution in [2.45, 2.75) is 6.92 Å². The molecule has 0 saturated carbocycles. The lowest BCUT2D eigenvalue weighted by Crippen LogP contribution is -2.27. The highest BCUT2D eigenvalue weighted by molar-refractivity contribution is 5.74. The SMILES string of the molecule is CCOc1ccc(-n2ncc3c(=N)n(N)cnc32)cc1. The average Bonchev–Trinajstić information content (AvgIpc) is 2.89. The highest BCUT2D eigenvalue weighted by atomic mass is 16.5. The van der Waals surface area contributed by atoms with Crippen molar-refractivity contribution in [3.05, 3.63) is 42.3 Å². The van der Waals surface area contributed by atoms with Gasteiger partial charge in [-0.1, -0.05) is 0 Å². The van der Waals surface area contributed by atoms with Crippen LogP contribution >= 0.6 is 0 Å². The minimum atomic E-state index is 0.173. The first-order chi connectivity index (χ1) is 9.70. The van der Waals surface area contributed by atoms with E-state index in [9.17, 15) is 0 Å². The summed E-state index contributed by atoms with van der Waals surface area (Å²) in [6.45, 7) is 2.57. The van der Waals surface area contributed by atoms with E-state index >= 15 is 0 Å². The first-order valence-electron chi connectivity index (χ1n) is 6.19. The largest absolute Gasteiger partial charge is 0.494 e. The van der Waals surface area contributed by atoms with Crippen LogP contribution in [0, 0.1) is 5.41 Å². The zero-order valence-corrected chi connectivity index (χ0v) is 10.9. The first kappa shape index (κ1) is 12.2. The molecule has 1 aromatic carbocycles. The van der Waals surface area contributed by atoms with Crippen molar-refractivity contribution in [1.82, 2.24) is 19.4 Å². The molecule has 0 bridgehead atoms. The van der Waals surface area contributed by atoms with Crippen LogP contribution in [0.3, 0.4) is 0 Å². The predicted octanol–water partition coefficient (Wildman–Crippen LogP) is 0.814. The predicted molar refractivity (Wildman–Crippen MR) is 74.0 cm³/mol. The zero-order chi connectivity index (χ0) is 14.1. The molecule has 20 heavy (non-hydrogen) atoms. The summed E-state index contributed by atoms with van der Waals surface area (Å²) in [6.07, 6.45) is 2.99. The standard InChI is InChI=1S/C13H14N6O/c1-2-20-10-5-3-9(4-6-10)19-13-11(7-17-19)12(14)18(15)8-16-13/h3-8,14H,2,15H2,1H3. The summed E-state index contributed by atoms with van der Waals surface area (Å²) in [5.41, 5.74) is 1.62. The molecule has 3 rings (SSSR count). The molecule has 2 heterocycles. The van der Waals surface area contributed by atoms with Gasteiger partial charge in [-0.05, 0) is 31.2 Å². The summed E-state index contributed by atoms with van der Waals surface area (Å²) in [5, 5.41) is 12.7. The molecule has 0 saturated heterocycles. The van der Waals surface area contributed by atoms with E-state index in [0.717, 1.165) is 16.1 Å². The van der Waals surface area contributed by atoms with Crippen LogP contribution < -0.4 is 16.1 Å². The van der Waals surface area contributed by atoms with Gasteiger partial charge in [-0.2, -0.15) is 5.10 Å². The third kappa shape index (κ3) is 1.89. The van der Waals surface area contributed by atoms with Crippen LogP contribution in [0.25, 0.3) is 16.7 Å². The van der Waals surface area contributed by atoms with E-state index in [1.807, 2.05) is 31.2 Å². The third-order valence-corrected chi connectivity index (χ3v) is 2.95. The van der Waals surface area contributed by atoms with Gasteiger partial charge in [0.05, 0.1) is 23.9 Å². The van der Waals surface area contributed by atoms with E-state index in [4.69, 9.17) is 16.0 Å². The number of hydrogen-bond acceptors (Lipinski definition) is 5. The van der Waals surface area contributed by atoms with Crippen LogP contribution in [-0.2, 0) is 0 Å². The van der Waals surface area contributed by atoms with Crippen molar-refractivity contribution < 1.29 is 4.74 Å². The van der Waals surface area contributed by atoms with Gasteiger partial charge in [-0.25, -0.2) is 14.3 Å². The van der Waals surface area contributed by atoms with Crippen molar-refractivity contribution >= 4 is 11.0 Å². The van der Waals surface area contributed by atoms with Crippen molar-refractivity contribution in [3.63, 3.8) is 0 Å². The number of nitrogens with one attached hydrogen (secondary N) is 1. The number of nitrogens with zero attached hydrogens (tertiary/aromatic N) is 4. The van der Waals surface area contributed by atoms with E-state index in [-0.39, 0.29) is 5.49 Å². The molecule has 7 nitrogen and oxygen atoms in total. The Morgan fingerprint density at radius 1 is 1.30 bits per heavy atom. The Labute approximate surface area is 114 Å². The molecule has 102 valence electrons. The fourth-order valence-electron chi connectivity index (χ4n) is 1.99. The lowest BCUT2D eigenvalue weighted by Gasteiger charge is -2.06. The summed E-state index contributed by atoms with van der Waals surface area (Å²) >= 11 is 0. The molecule has 3 aromatic rings. The van der Waals surface area contributed by atoms with Crippen LogP contribution in [0.5, 0.6) is 5.75 Å². The minimum Gasteiger partial charge on any atom is -0.494 e. The van der Waals surface area contributed by atoms with Gasteiger partial charge in [0.2, 0.25) is 0 Å². The number of aromatic nitrogens is 4. The highest BCUT2D eigenvalue weighted by Gasteiger charge is 2.08. The molecule has 0 aliphatic carbocycles. The summed E-state index contributed by atoms with van der Waals surface area (Å²) in [5.74, 6) is 6.41. The number of rotatable bonds is 3. The van der Waals surface area contributed by atoms with Crippen LogP contribution in [0.1, 0.15) is 6.92 Å². The number of fused-ring (bicyclic) bond motifs is 1. The minimum absolute atomic E-state index is 0.173. The maximum absolute atomic E-state index is 7.88. The van der Waals surface area contributed by atoms with Gasteiger partial charge in [-0.15, -0.1) is 0 Å². The Morgan fingerprint density at radius 2 is 2.05 bits per heavy atom. The fourth-order valence-corrected chi connectivity index (χ4v) is 1.99. The fraction of sp³-hybridized carbons (Fsp3) is 0.154. The zero-order valence-electron chi connectivity index (χ0n) is 10.9. The second-order valence-corrected chi connectivity index (χ2v) is 4.22. The Hall–Kier alpha value is -2.83. The second-order valence-electron chi connectivity index (χ2n) is 4.22. The van der Waals surface area contributed by atoms with E-state index in [2.05, 4.69) is 10.1 Å². The number of hydrogen-bond donors (Lipinski definition) is 2.